The number of hydrogen-bond donors (Lipinski definition) is 0. The molecule has 0 aliphatic heterocycles. The van der Waals surface area contributed by atoms with Crippen molar-refractivity contribution in [2.24, 2.45) is 0 Å². The first-order valence-corrected chi connectivity index (χ1v) is 3.93. The summed E-state index contributed by atoms with van der Waals surface area (Å²) in [4.78, 5) is 0. The molecule has 0 aliphatic rings. The van der Waals surface area contributed by atoms with E-state index in [-0.39, 0.29) is 5.41 Å². The third-order valence-corrected chi connectivity index (χ3v) is 0.597. The molecule has 0 atom stereocenters. The van der Waals surface area contributed by atoms with Gasteiger partial charge < -0.3 is 0 Å². The van der Waals surface area contributed by atoms with Crippen molar-refractivity contribution in [1.82, 2.24) is 0 Å². The quantitative estimate of drug-likeness (QED) is 0.441. The van der Waals surface area contributed by atoms with E-state index in [2.05, 4.69) is 13.2 Å². The van der Waals surface area contributed by atoms with Crippen LogP contribution in [-0.2, 0) is 10.2 Å². The van der Waals surface area contributed by atoms with Crippen LogP contribution in [0.3, 0.4) is 0 Å². The normalized spacial score (nSPS) is 9.10. The van der Waals surface area contributed by atoms with Crippen molar-refractivity contribution < 1.29 is 12.3 Å². The third kappa shape index (κ3) is 53.5. The summed E-state index contributed by atoms with van der Waals surface area (Å²) in [6.07, 6.45) is 0. The average molecular weight is 166 g/mol. The SMILES string of the molecule is C=C(C)C.C=CS(=O)(=O)F. The Hall–Kier alpha value is -0.640. The average Bonchev–Trinajstić information content (AvgIpc) is 1.63. The summed E-state index contributed by atoms with van der Waals surface area (Å²) < 4.78 is 29.4. The second-order valence-electron chi connectivity index (χ2n) is 1.85. The van der Waals surface area contributed by atoms with Gasteiger partial charge in [-0.05, 0) is 13.8 Å². The van der Waals surface area contributed by atoms with Gasteiger partial charge in [-0.2, -0.15) is 8.42 Å². The van der Waals surface area contributed by atoms with Gasteiger partial charge in [-0.15, -0.1) is 10.5 Å². The van der Waals surface area contributed by atoms with Gasteiger partial charge in [-0.3, -0.25) is 0 Å². The van der Waals surface area contributed by atoms with Crippen molar-refractivity contribution >= 4 is 10.2 Å². The van der Waals surface area contributed by atoms with E-state index in [1.165, 1.54) is 5.57 Å². The molecular formula is C6H11FO2S. The van der Waals surface area contributed by atoms with Crippen LogP contribution >= 0.6 is 0 Å². The zero-order valence-electron chi connectivity index (χ0n) is 6.09. The van der Waals surface area contributed by atoms with E-state index in [1.54, 1.807) is 0 Å². The van der Waals surface area contributed by atoms with Crippen LogP contribution < -0.4 is 0 Å². The van der Waals surface area contributed by atoms with Crippen LogP contribution in [0.5, 0.6) is 0 Å². The summed E-state index contributed by atoms with van der Waals surface area (Å²) in [5.41, 5.74) is 1.17. The molecule has 0 bridgehead atoms. The molecule has 60 valence electrons. The van der Waals surface area contributed by atoms with Crippen molar-refractivity contribution in [1.29, 1.82) is 0 Å². The zero-order chi connectivity index (χ0) is 8.78. The van der Waals surface area contributed by atoms with Gasteiger partial charge in [0.05, 0.1) is 5.41 Å². The Morgan fingerprint density at radius 1 is 1.50 bits per heavy atom. The van der Waals surface area contributed by atoms with E-state index in [1.807, 2.05) is 13.8 Å². The summed E-state index contributed by atoms with van der Waals surface area (Å²) in [6.45, 7) is 10.2. The minimum Gasteiger partial charge on any atom is -0.190 e. The van der Waals surface area contributed by atoms with Crippen LogP contribution in [0.1, 0.15) is 13.8 Å². The molecular weight excluding hydrogens is 155 g/mol. The van der Waals surface area contributed by atoms with E-state index in [9.17, 15) is 12.3 Å². The number of rotatable bonds is 1. The molecule has 0 aromatic carbocycles. The first-order chi connectivity index (χ1) is 4.29. The van der Waals surface area contributed by atoms with Gasteiger partial charge in [0, 0.05) is 0 Å². The molecule has 0 spiro atoms. The van der Waals surface area contributed by atoms with Crippen molar-refractivity contribution in [3.05, 3.63) is 24.1 Å². The Balaban J connectivity index is 0. The number of allylic oxidation sites excluding steroid dienone is 1. The Kier molecular flexibility index (Phi) is 6.24. The zero-order valence-corrected chi connectivity index (χ0v) is 6.91. The molecule has 10 heavy (non-hydrogen) atoms. The van der Waals surface area contributed by atoms with Gasteiger partial charge in [-0.1, -0.05) is 12.2 Å². The molecule has 0 fully saturated rings. The Morgan fingerprint density at radius 2 is 1.60 bits per heavy atom. The summed E-state index contributed by atoms with van der Waals surface area (Å²) in [5, 5.41) is 0.243. The van der Waals surface area contributed by atoms with Crippen molar-refractivity contribution in [3.63, 3.8) is 0 Å². The molecule has 2 nitrogen and oxygen atoms in total. The van der Waals surface area contributed by atoms with Gasteiger partial charge in [0.1, 0.15) is 0 Å². The lowest BCUT2D eigenvalue weighted by atomic mass is 10.4. The smallest absolute Gasteiger partial charge is 0.190 e. The standard InChI is InChI=1S/C4H8.C2H3FO2S/c1-4(2)3;1-2-6(3,4)5/h1H2,2-3H3;2H,1H2. The van der Waals surface area contributed by atoms with Crippen LogP contribution in [-0.4, -0.2) is 8.42 Å². The summed E-state index contributed by atoms with van der Waals surface area (Å²) >= 11 is 0. The predicted octanol–water partition coefficient (Wildman–Crippen LogP) is 2.01. The summed E-state index contributed by atoms with van der Waals surface area (Å²) in [7, 11) is -4.40. The molecule has 0 aromatic rings. The van der Waals surface area contributed by atoms with Crippen LogP contribution in [0.4, 0.5) is 3.89 Å². The molecule has 4 heteroatoms. The molecule has 0 saturated heterocycles. The van der Waals surface area contributed by atoms with E-state index in [0.29, 0.717) is 0 Å². The summed E-state index contributed by atoms with van der Waals surface area (Å²) in [6, 6.07) is 0. The van der Waals surface area contributed by atoms with Crippen LogP contribution in [0.25, 0.3) is 0 Å². The van der Waals surface area contributed by atoms with E-state index < -0.39 is 10.2 Å². The minimum atomic E-state index is -4.40. The molecule has 0 aliphatic carbocycles. The maximum Gasteiger partial charge on any atom is 0.324 e. The molecule has 0 N–H and O–H groups in total. The molecule has 0 unspecified atom stereocenters. The molecule has 0 heterocycles. The molecule has 0 saturated carbocycles. The van der Waals surface area contributed by atoms with E-state index in [0.717, 1.165) is 0 Å². The van der Waals surface area contributed by atoms with Gasteiger partial charge in [0.2, 0.25) is 0 Å². The first-order valence-electron chi connectivity index (χ1n) is 2.49. The fraction of sp³-hybridized carbons (Fsp3) is 0.333. The molecule has 0 amide bonds. The minimum absolute atomic E-state index is 0.243. The van der Waals surface area contributed by atoms with Crippen molar-refractivity contribution in [2.75, 3.05) is 0 Å². The van der Waals surface area contributed by atoms with Crippen molar-refractivity contribution in [2.45, 2.75) is 13.8 Å². The largest absolute Gasteiger partial charge is 0.324 e. The topological polar surface area (TPSA) is 34.1 Å². The van der Waals surface area contributed by atoms with Crippen LogP contribution in [0.15, 0.2) is 24.1 Å². The lowest BCUT2D eigenvalue weighted by molar-refractivity contribution is 0.563. The number of hydrogen-bond acceptors (Lipinski definition) is 2. The second kappa shape index (κ2) is 5.17. The Morgan fingerprint density at radius 3 is 1.60 bits per heavy atom. The summed E-state index contributed by atoms with van der Waals surface area (Å²) in [5.74, 6) is 0. The highest BCUT2D eigenvalue weighted by Crippen LogP contribution is 1.86. The maximum atomic E-state index is 11.0. The molecule has 0 rings (SSSR count). The van der Waals surface area contributed by atoms with Crippen LogP contribution in [0, 0.1) is 0 Å². The highest BCUT2D eigenvalue weighted by molar-refractivity contribution is 7.89. The van der Waals surface area contributed by atoms with Crippen LogP contribution in [0.2, 0.25) is 0 Å². The Labute approximate surface area is 61.3 Å². The highest BCUT2D eigenvalue weighted by Gasteiger charge is 1.92. The highest BCUT2D eigenvalue weighted by atomic mass is 32.3. The second-order valence-corrected chi connectivity index (χ2v) is 3.13. The molecule has 0 radical (unpaired) electrons. The first kappa shape index (κ1) is 12.1. The number of halogens is 1. The monoisotopic (exact) mass is 166 g/mol. The maximum absolute atomic E-state index is 11.0. The lowest BCUT2D eigenvalue weighted by Gasteiger charge is -1.68. The van der Waals surface area contributed by atoms with E-state index >= 15 is 0 Å². The van der Waals surface area contributed by atoms with Gasteiger partial charge >= 0.3 is 10.2 Å². The fourth-order valence-corrected chi connectivity index (χ4v) is 0. The van der Waals surface area contributed by atoms with Gasteiger partial charge in [0.15, 0.2) is 0 Å². The van der Waals surface area contributed by atoms with Crippen molar-refractivity contribution in [3.8, 4) is 0 Å². The molecule has 0 aromatic heterocycles. The lowest BCUT2D eigenvalue weighted by Crippen LogP contribution is -1.76. The predicted molar refractivity (Wildman–Crippen MR) is 40.7 cm³/mol. The third-order valence-electron chi connectivity index (χ3n) is 0.199. The van der Waals surface area contributed by atoms with E-state index in [4.69, 9.17) is 0 Å². The fourth-order valence-electron chi connectivity index (χ4n) is 0. The van der Waals surface area contributed by atoms with Gasteiger partial charge in [0.25, 0.3) is 0 Å². The Bertz CT molecular complexity index is 188. The van der Waals surface area contributed by atoms with Gasteiger partial charge in [-0.25, -0.2) is 0 Å².